The fraction of sp³-hybridized carbons (Fsp3) is 0.750. The lowest BCUT2D eigenvalue weighted by Crippen LogP contribution is -2.51. The van der Waals surface area contributed by atoms with Gasteiger partial charge in [0.15, 0.2) is 0 Å². The Hall–Kier alpha value is -1.73. The van der Waals surface area contributed by atoms with E-state index in [0.717, 1.165) is 64.6 Å². The van der Waals surface area contributed by atoms with Gasteiger partial charge in [0.25, 0.3) is 0 Å². The second-order valence-corrected chi connectivity index (χ2v) is 8.01. The molecule has 7 nitrogen and oxygen atoms in total. The molecule has 3 heterocycles. The van der Waals surface area contributed by atoms with Crippen LogP contribution in [0.5, 0.6) is 0 Å². The number of carbonyl (C=O) groups excluding carboxylic acids is 1. The molecule has 0 radical (unpaired) electrons. The van der Waals surface area contributed by atoms with Crippen molar-refractivity contribution in [2.45, 2.75) is 39.2 Å². The van der Waals surface area contributed by atoms with Crippen molar-refractivity contribution in [2.24, 2.45) is 11.8 Å². The zero-order valence-electron chi connectivity index (χ0n) is 16.6. The summed E-state index contributed by atoms with van der Waals surface area (Å²) >= 11 is 0. The van der Waals surface area contributed by atoms with Crippen LogP contribution in [-0.4, -0.2) is 72.8 Å². The van der Waals surface area contributed by atoms with Gasteiger partial charge in [-0.3, -0.25) is 9.69 Å². The van der Waals surface area contributed by atoms with Gasteiger partial charge >= 0.3 is 0 Å². The molecule has 1 aromatic heterocycles. The molecule has 2 unspecified atom stereocenters. The average molecular weight is 376 g/mol. The summed E-state index contributed by atoms with van der Waals surface area (Å²) < 4.78 is 5.48. The lowest BCUT2D eigenvalue weighted by Gasteiger charge is -2.36. The van der Waals surface area contributed by atoms with Crippen LogP contribution in [0.3, 0.4) is 0 Å². The summed E-state index contributed by atoms with van der Waals surface area (Å²) in [6, 6.07) is 2.20. The van der Waals surface area contributed by atoms with E-state index in [4.69, 9.17) is 4.74 Å². The Morgan fingerprint density at radius 1 is 1.26 bits per heavy atom. The number of anilines is 1. The Bertz CT molecular complexity index is 577. The quantitative estimate of drug-likeness (QED) is 0.780. The highest BCUT2D eigenvalue weighted by atomic mass is 16.5. The van der Waals surface area contributed by atoms with E-state index >= 15 is 0 Å². The Balaban J connectivity index is 1.53. The number of piperidine rings is 1. The molecular weight excluding hydrogens is 342 g/mol. The highest BCUT2D eigenvalue weighted by Crippen LogP contribution is 2.20. The summed E-state index contributed by atoms with van der Waals surface area (Å²) in [6.45, 7) is 10.3. The molecule has 1 aromatic rings. The average Bonchev–Trinajstić information content (AvgIpc) is 2.72. The van der Waals surface area contributed by atoms with E-state index in [9.17, 15) is 4.79 Å². The third-order valence-corrected chi connectivity index (χ3v) is 5.44. The number of morpholine rings is 1. The van der Waals surface area contributed by atoms with E-state index in [1.165, 1.54) is 0 Å². The first-order valence-electron chi connectivity index (χ1n) is 10.2. The van der Waals surface area contributed by atoms with Crippen LogP contribution in [0.2, 0.25) is 0 Å². The first-order chi connectivity index (χ1) is 13.1. The number of carbonyl (C=O) groups is 1. The van der Waals surface area contributed by atoms with Crippen LogP contribution < -0.4 is 10.2 Å². The van der Waals surface area contributed by atoms with Crippen LogP contribution in [-0.2, 0) is 9.53 Å². The maximum atomic E-state index is 12.8. The van der Waals surface area contributed by atoms with Crippen molar-refractivity contribution in [3.63, 3.8) is 0 Å². The fourth-order valence-electron chi connectivity index (χ4n) is 4.04. The van der Waals surface area contributed by atoms with Gasteiger partial charge in [-0.1, -0.05) is 13.8 Å². The van der Waals surface area contributed by atoms with Gasteiger partial charge in [0.1, 0.15) is 0 Å². The maximum absolute atomic E-state index is 12.8. The minimum Gasteiger partial charge on any atom is -0.379 e. The minimum absolute atomic E-state index is 0.00643. The smallest absolute Gasteiger partial charge is 0.225 e. The summed E-state index contributed by atoms with van der Waals surface area (Å²) in [4.78, 5) is 26.1. The van der Waals surface area contributed by atoms with Crippen LogP contribution in [0.25, 0.3) is 0 Å². The Morgan fingerprint density at radius 3 is 2.70 bits per heavy atom. The summed E-state index contributed by atoms with van der Waals surface area (Å²) in [5, 5.41) is 3.24. The SMILES string of the molecule is CC(C)CC(CNC(=O)C1CCCN(c2ncccn2)C1)N1CCOCC1. The van der Waals surface area contributed by atoms with Crippen LogP contribution in [0.1, 0.15) is 33.1 Å². The molecule has 27 heavy (non-hydrogen) atoms. The third-order valence-electron chi connectivity index (χ3n) is 5.44. The number of amides is 1. The summed E-state index contributed by atoms with van der Waals surface area (Å²) in [6.07, 6.45) is 6.53. The molecule has 0 spiro atoms. The number of ether oxygens (including phenoxy) is 1. The van der Waals surface area contributed by atoms with E-state index < -0.39 is 0 Å². The Kier molecular flexibility index (Phi) is 7.41. The molecule has 150 valence electrons. The van der Waals surface area contributed by atoms with Crippen molar-refractivity contribution in [1.82, 2.24) is 20.2 Å². The fourth-order valence-corrected chi connectivity index (χ4v) is 4.04. The van der Waals surface area contributed by atoms with Gasteiger partial charge in [-0.25, -0.2) is 9.97 Å². The van der Waals surface area contributed by atoms with E-state index in [-0.39, 0.29) is 11.8 Å². The maximum Gasteiger partial charge on any atom is 0.225 e. The molecule has 0 aliphatic carbocycles. The summed E-state index contributed by atoms with van der Waals surface area (Å²) in [5.74, 6) is 1.50. The number of hydrogen-bond donors (Lipinski definition) is 1. The second kappa shape index (κ2) is 9.99. The number of nitrogens with zero attached hydrogens (tertiary/aromatic N) is 4. The van der Waals surface area contributed by atoms with Crippen molar-refractivity contribution in [3.8, 4) is 0 Å². The summed E-state index contributed by atoms with van der Waals surface area (Å²) in [7, 11) is 0. The van der Waals surface area contributed by atoms with Gasteiger partial charge < -0.3 is 15.0 Å². The predicted molar refractivity (Wildman–Crippen MR) is 106 cm³/mol. The Labute approximate surface area is 162 Å². The van der Waals surface area contributed by atoms with Crippen molar-refractivity contribution < 1.29 is 9.53 Å². The summed E-state index contributed by atoms with van der Waals surface area (Å²) in [5.41, 5.74) is 0. The number of hydrogen-bond acceptors (Lipinski definition) is 6. The van der Waals surface area contributed by atoms with Crippen LogP contribution in [0, 0.1) is 11.8 Å². The van der Waals surface area contributed by atoms with Crippen molar-refractivity contribution >= 4 is 11.9 Å². The Morgan fingerprint density at radius 2 is 2.00 bits per heavy atom. The van der Waals surface area contributed by atoms with Gasteiger partial charge in [0.05, 0.1) is 19.1 Å². The number of nitrogens with one attached hydrogen (secondary N) is 1. The normalized spacial score (nSPS) is 22.6. The van der Waals surface area contributed by atoms with Crippen LogP contribution in [0.15, 0.2) is 18.5 Å². The molecule has 0 saturated carbocycles. The molecular formula is C20H33N5O2. The van der Waals surface area contributed by atoms with Gasteiger partial charge in [-0.15, -0.1) is 0 Å². The van der Waals surface area contributed by atoms with Crippen molar-refractivity contribution in [3.05, 3.63) is 18.5 Å². The van der Waals surface area contributed by atoms with Gasteiger partial charge in [-0.05, 0) is 31.2 Å². The zero-order chi connectivity index (χ0) is 19.1. The van der Waals surface area contributed by atoms with E-state index in [1.807, 2.05) is 6.07 Å². The zero-order valence-corrected chi connectivity index (χ0v) is 16.6. The number of aromatic nitrogens is 2. The highest BCUT2D eigenvalue weighted by Gasteiger charge is 2.28. The van der Waals surface area contributed by atoms with Crippen molar-refractivity contribution in [2.75, 3.05) is 50.8 Å². The van der Waals surface area contributed by atoms with E-state index in [0.29, 0.717) is 18.5 Å². The molecule has 2 atom stereocenters. The predicted octanol–water partition coefficient (Wildman–Crippen LogP) is 1.56. The molecule has 2 saturated heterocycles. The van der Waals surface area contributed by atoms with Crippen LogP contribution >= 0.6 is 0 Å². The molecule has 2 aliphatic heterocycles. The molecule has 1 amide bonds. The minimum atomic E-state index is 0.00643. The molecule has 2 fully saturated rings. The number of rotatable bonds is 7. The molecule has 0 aromatic carbocycles. The lowest BCUT2D eigenvalue weighted by molar-refractivity contribution is -0.125. The topological polar surface area (TPSA) is 70.6 Å². The first kappa shape index (κ1) is 20.0. The molecule has 7 heteroatoms. The molecule has 3 rings (SSSR count). The van der Waals surface area contributed by atoms with Gasteiger partial charge in [0.2, 0.25) is 11.9 Å². The van der Waals surface area contributed by atoms with Crippen molar-refractivity contribution in [1.29, 1.82) is 0 Å². The van der Waals surface area contributed by atoms with Crippen LogP contribution in [0.4, 0.5) is 5.95 Å². The van der Waals surface area contributed by atoms with Gasteiger partial charge in [0, 0.05) is 51.2 Å². The molecule has 0 bridgehead atoms. The lowest BCUT2D eigenvalue weighted by atomic mass is 9.96. The first-order valence-corrected chi connectivity index (χ1v) is 10.2. The monoisotopic (exact) mass is 375 g/mol. The van der Waals surface area contributed by atoms with Gasteiger partial charge in [-0.2, -0.15) is 0 Å². The molecule has 1 N–H and O–H groups in total. The largest absolute Gasteiger partial charge is 0.379 e. The second-order valence-electron chi connectivity index (χ2n) is 8.01. The highest BCUT2D eigenvalue weighted by molar-refractivity contribution is 5.79. The molecule has 2 aliphatic rings. The third kappa shape index (κ3) is 5.87. The van der Waals surface area contributed by atoms with E-state index in [1.54, 1.807) is 12.4 Å². The standard InChI is InChI=1S/C20H33N5O2/c1-16(2)13-18(24-9-11-27-12-10-24)14-23-19(26)17-5-3-8-25(15-17)20-21-6-4-7-22-20/h4,6-7,16-18H,3,5,8-15H2,1-2H3,(H,23,26). The van der Waals surface area contributed by atoms with E-state index in [2.05, 4.69) is 38.9 Å².